The van der Waals surface area contributed by atoms with Crippen molar-refractivity contribution in [1.29, 1.82) is 0 Å². The van der Waals surface area contributed by atoms with E-state index in [1.807, 2.05) is 0 Å². The second-order valence-electron chi connectivity index (χ2n) is 7.15. The molecular weight excluding hydrogens is 316 g/mol. The van der Waals surface area contributed by atoms with Gasteiger partial charge in [0.05, 0.1) is 7.11 Å². The Morgan fingerprint density at radius 3 is 2.68 bits per heavy atom. The maximum atomic E-state index is 12.8. The third-order valence-electron chi connectivity index (χ3n) is 5.46. The van der Waals surface area contributed by atoms with Gasteiger partial charge in [0.2, 0.25) is 0 Å². The van der Waals surface area contributed by atoms with E-state index in [0.29, 0.717) is 35.5 Å². The van der Waals surface area contributed by atoms with Gasteiger partial charge in [0, 0.05) is 17.6 Å². The first-order valence-electron chi connectivity index (χ1n) is 9.10. The van der Waals surface area contributed by atoms with Crippen LogP contribution in [0.15, 0.2) is 30.9 Å². The quantitative estimate of drug-likeness (QED) is 0.778. The number of fused-ring (bicyclic) bond motifs is 2. The number of hydrogen-bond donors (Lipinski definition) is 2. The lowest BCUT2D eigenvalue weighted by Crippen LogP contribution is -2.53. The van der Waals surface area contributed by atoms with Crippen LogP contribution in [0, 0.1) is 11.8 Å². The van der Waals surface area contributed by atoms with Crippen molar-refractivity contribution in [1.82, 2.24) is 5.32 Å². The van der Waals surface area contributed by atoms with Crippen molar-refractivity contribution in [2.24, 2.45) is 17.6 Å². The number of carbonyl (C=O) groups is 1. The predicted octanol–water partition coefficient (Wildman–Crippen LogP) is 2.90. The standard InChI is InChI=1S/C20H28N2O3/c1-3-9-25-17-8-7-15(12-18(17)24-2)20(23)22-19-13-5-4-6-14(19)11-16(21)10-13/h3,7-8,12-14,16,19H,1,4-6,9-11,21H2,2H3,(H,22,23). The summed E-state index contributed by atoms with van der Waals surface area (Å²) in [6.07, 6.45) is 7.27. The molecule has 0 heterocycles. The molecule has 5 heteroatoms. The van der Waals surface area contributed by atoms with Crippen LogP contribution in [0.4, 0.5) is 0 Å². The number of carbonyl (C=O) groups excluding carboxylic acids is 1. The molecule has 2 bridgehead atoms. The van der Waals surface area contributed by atoms with Gasteiger partial charge in [0.25, 0.3) is 5.91 Å². The van der Waals surface area contributed by atoms with E-state index in [9.17, 15) is 4.79 Å². The Labute approximate surface area is 149 Å². The number of nitrogens with two attached hydrogens (primary N) is 1. The molecule has 0 saturated heterocycles. The molecule has 0 aromatic heterocycles. The van der Waals surface area contributed by atoms with E-state index >= 15 is 0 Å². The predicted molar refractivity (Wildman–Crippen MR) is 98.0 cm³/mol. The normalized spacial score (nSPS) is 28.1. The molecule has 2 aliphatic rings. The number of methoxy groups -OCH3 is 1. The van der Waals surface area contributed by atoms with Crippen LogP contribution in [0.1, 0.15) is 42.5 Å². The molecule has 2 fully saturated rings. The van der Waals surface area contributed by atoms with Gasteiger partial charge in [0.1, 0.15) is 6.61 Å². The van der Waals surface area contributed by atoms with Gasteiger partial charge < -0.3 is 20.5 Å². The van der Waals surface area contributed by atoms with Crippen LogP contribution >= 0.6 is 0 Å². The van der Waals surface area contributed by atoms with E-state index < -0.39 is 0 Å². The molecule has 136 valence electrons. The topological polar surface area (TPSA) is 73.6 Å². The molecule has 0 aliphatic heterocycles. The lowest BCUT2D eigenvalue weighted by Gasteiger charge is -2.45. The van der Waals surface area contributed by atoms with Crippen LogP contribution in [0.2, 0.25) is 0 Å². The van der Waals surface area contributed by atoms with Gasteiger partial charge in [-0.05, 0) is 55.7 Å². The highest BCUT2D eigenvalue weighted by molar-refractivity contribution is 5.95. The van der Waals surface area contributed by atoms with E-state index in [4.69, 9.17) is 15.2 Å². The second-order valence-corrected chi connectivity index (χ2v) is 7.15. The zero-order chi connectivity index (χ0) is 17.8. The number of amides is 1. The highest BCUT2D eigenvalue weighted by Crippen LogP contribution is 2.40. The van der Waals surface area contributed by atoms with Crippen molar-refractivity contribution in [2.75, 3.05) is 13.7 Å². The van der Waals surface area contributed by atoms with E-state index in [2.05, 4.69) is 11.9 Å². The third-order valence-corrected chi connectivity index (χ3v) is 5.46. The van der Waals surface area contributed by atoms with E-state index in [1.165, 1.54) is 6.42 Å². The number of nitrogens with one attached hydrogen (secondary N) is 1. The van der Waals surface area contributed by atoms with Crippen LogP contribution in [-0.2, 0) is 0 Å². The minimum absolute atomic E-state index is 0.0501. The van der Waals surface area contributed by atoms with Gasteiger partial charge in [-0.1, -0.05) is 19.1 Å². The molecule has 0 spiro atoms. The average Bonchev–Trinajstić information content (AvgIpc) is 2.60. The zero-order valence-corrected chi connectivity index (χ0v) is 14.9. The van der Waals surface area contributed by atoms with Crippen molar-refractivity contribution in [3.8, 4) is 11.5 Å². The van der Waals surface area contributed by atoms with Crippen LogP contribution in [0.5, 0.6) is 11.5 Å². The maximum absolute atomic E-state index is 12.8. The van der Waals surface area contributed by atoms with Gasteiger partial charge in [-0.2, -0.15) is 0 Å². The van der Waals surface area contributed by atoms with E-state index in [-0.39, 0.29) is 18.0 Å². The summed E-state index contributed by atoms with van der Waals surface area (Å²) in [4.78, 5) is 12.8. The monoisotopic (exact) mass is 344 g/mol. The summed E-state index contributed by atoms with van der Waals surface area (Å²) in [6.45, 7) is 4.03. The fourth-order valence-corrected chi connectivity index (χ4v) is 4.34. The summed E-state index contributed by atoms with van der Waals surface area (Å²) >= 11 is 0. The summed E-state index contributed by atoms with van der Waals surface area (Å²) in [6, 6.07) is 5.81. The molecule has 3 N–H and O–H groups in total. The van der Waals surface area contributed by atoms with Gasteiger partial charge >= 0.3 is 0 Å². The van der Waals surface area contributed by atoms with Crippen LogP contribution in [0.3, 0.4) is 0 Å². The molecule has 2 unspecified atom stereocenters. The number of benzene rings is 1. The van der Waals surface area contributed by atoms with Crippen molar-refractivity contribution < 1.29 is 14.3 Å². The highest BCUT2D eigenvalue weighted by atomic mass is 16.5. The summed E-state index contributed by atoms with van der Waals surface area (Å²) < 4.78 is 10.9. The van der Waals surface area contributed by atoms with Crippen LogP contribution in [0.25, 0.3) is 0 Å². The molecule has 1 aromatic rings. The van der Waals surface area contributed by atoms with Crippen molar-refractivity contribution in [2.45, 2.75) is 44.2 Å². The lowest BCUT2D eigenvalue weighted by atomic mass is 9.67. The Hall–Kier alpha value is -2.01. The first kappa shape index (κ1) is 17.8. The molecule has 2 saturated carbocycles. The van der Waals surface area contributed by atoms with Gasteiger partial charge in [-0.3, -0.25) is 4.79 Å². The Morgan fingerprint density at radius 1 is 1.32 bits per heavy atom. The van der Waals surface area contributed by atoms with Crippen molar-refractivity contribution >= 4 is 5.91 Å². The van der Waals surface area contributed by atoms with Gasteiger partial charge in [0.15, 0.2) is 11.5 Å². The molecule has 2 aliphatic carbocycles. The molecule has 1 aromatic carbocycles. The number of ether oxygens (including phenoxy) is 2. The summed E-state index contributed by atoms with van der Waals surface area (Å²) in [5.74, 6) is 2.12. The maximum Gasteiger partial charge on any atom is 0.251 e. The van der Waals surface area contributed by atoms with Gasteiger partial charge in [-0.25, -0.2) is 0 Å². The number of rotatable bonds is 6. The first-order valence-corrected chi connectivity index (χ1v) is 9.10. The SMILES string of the molecule is C=CCOc1ccc(C(=O)NC2C3CCCC2CC(N)C3)cc1OC. The molecule has 5 nitrogen and oxygen atoms in total. The van der Waals surface area contributed by atoms with Crippen LogP contribution in [-0.4, -0.2) is 31.7 Å². The van der Waals surface area contributed by atoms with E-state index in [0.717, 1.165) is 25.7 Å². The summed E-state index contributed by atoms with van der Waals surface area (Å²) in [7, 11) is 1.57. The fourth-order valence-electron chi connectivity index (χ4n) is 4.34. The summed E-state index contributed by atoms with van der Waals surface area (Å²) in [5.41, 5.74) is 6.77. The molecule has 25 heavy (non-hydrogen) atoms. The smallest absolute Gasteiger partial charge is 0.251 e. The fraction of sp³-hybridized carbons (Fsp3) is 0.550. The minimum Gasteiger partial charge on any atom is -0.493 e. The van der Waals surface area contributed by atoms with Crippen LogP contribution < -0.4 is 20.5 Å². The Kier molecular flexibility index (Phi) is 5.63. The Balaban J connectivity index is 1.71. The highest BCUT2D eigenvalue weighted by Gasteiger charge is 2.40. The first-order chi connectivity index (χ1) is 12.1. The largest absolute Gasteiger partial charge is 0.493 e. The van der Waals surface area contributed by atoms with Gasteiger partial charge in [-0.15, -0.1) is 0 Å². The molecule has 2 atom stereocenters. The zero-order valence-electron chi connectivity index (χ0n) is 14.9. The minimum atomic E-state index is -0.0501. The molecule has 3 rings (SSSR count). The molecular formula is C20H28N2O3. The molecule has 1 amide bonds. The number of hydrogen-bond acceptors (Lipinski definition) is 4. The lowest BCUT2D eigenvalue weighted by molar-refractivity contribution is 0.0755. The Morgan fingerprint density at radius 2 is 2.04 bits per heavy atom. The van der Waals surface area contributed by atoms with Crippen molar-refractivity contribution in [3.63, 3.8) is 0 Å². The average molecular weight is 344 g/mol. The molecule has 0 radical (unpaired) electrons. The second kappa shape index (κ2) is 7.91. The van der Waals surface area contributed by atoms with E-state index in [1.54, 1.807) is 31.4 Å². The third kappa shape index (κ3) is 3.98. The Bertz CT molecular complexity index is 617. The summed E-state index contributed by atoms with van der Waals surface area (Å²) in [5, 5.41) is 3.26. The van der Waals surface area contributed by atoms with Crippen molar-refractivity contribution in [3.05, 3.63) is 36.4 Å².